The molecule has 0 heterocycles. The van der Waals surface area contributed by atoms with Gasteiger partial charge in [0.15, 0.2) is 0 Å². The summed E-state index contributed by atoms with van der Waals surface area (Å²) in [6.07, 6.45) is 3.67. The molecule has 2 aromatic rings. The lowest BCUT2D eigenvalue weighted by atomic mass is 10.0. The summed E-state index contributed by atoms with van der Waals surface area (Å²) < 4.78 is 0. The maximum Gasteiger partial charge on any atom is 0.318 e. The van der Waals surface area contributed by atoms with Crippen LogP contribution in [0.2, 0.25) is 0 Å². The van der Waals surface area contributed by atoms with E-state index in [1.165, 1.54) is 16.3 Å². The van der Waals surface area contributed by atoms with Gasteiger partial charge in [-0.3, -0.25) is 0 Å². The molecule has 25 heavy (non-hydrogen) atoms. The Labute approximate surface area is 149 Å². The lowest BCUT2D eigenvalue weighted by Crippen LogP contribution is -2.46. The summed E-state index contributed by atoms with van der Waals surface area (Å²) in [4.78, 5) is 14.8. The Hall–Kier alpha value is -2.07. The summed E-state index contributed by atoms with van der Waals surface area (Å²) >= 11 is 0. The number of urea groups is 1. The van der Waals surface area contributed by atoms with Gasteiger partial charge >= 0.3 is 6.03 Å². The number of aliphatic hydroxyl groups excluding tert-OH is 1. The average molecular weight is 340 g/mol. The molecule has 0 saturated heterocycles. The molecule has 1 aliphatic rings. The number of hydrogen-bond donors (Lipinski definition) is 2. The third-order valence-electron chi connectivity index (χ3n) is 5.01. The van der Waals surface area contributed by atoms with Crippen molar-refractivity contribution in [3.63, 3.8) is 0 Å². The van der Waals surface area contributed by atoms with Crippen LogP contribution in [-0.2, 0) is 0 Å². The van der Waals surface area contributed by atoms with E-state index < -0.39 is 0 Å². The van der Waals surface area contributed by atoms with Crippen molar-refractivity contribution in [2.45, 2.75) is 57.7 Å². The van der Waals surface area contributed by atoms with Crippen molar-refractivity contribution >= 4 is 16.8 Å². The Bertz CT molecular complexity index is 727. The number of amides is 2. The molecule has 0 spiro atoms. The van der Waals surface area contributed by atoms with Gasteiger partial charge in [-0.25, -0.2) is 4.79 Å². The number of hydrogen-bond acceptors (Lipinski definition) is 2. The van der Waals surface area contributed by atoms with E-state index in [4.69, 9.17) is 5.11 Å². The molecular weight excluding hydrogens is 312 g/mol. The zero-order chi connectivity index (χ0) is 17.8. The number of nitrogens with one attached hydrogen (secondary N) is 1. The molecule has 1 fully saturated rings. The molecule has 0 aromatic heterocycles. The molecule has 4 heteroatoms. The van der Waals surface area contributed by atoms with Crippen LogP contribution >= 0.6 is 0 Å². The molecule has 0 aliphatic heterocycles. The Morgan fingerprint density at radius 3 is 2.60 bits per heavy atom. The quantitative estimate of drug-likeness (QED) is 0.792. The molecule has 2 unspecified atom stereocenters. The van der Waals surface area contributed by atoms with Crippen molar-refractivity contribution in [3.05, 3.63) is 48.0 Å². The van der Waals surface area contributed by atoms with Crippen LogP contribution in [0.4, 0.5) is 4.79 Å². The van der Waals surface area contributed by atoms with Gasteiger partial charge < -0.3 is 15.3 Å². The highest BCUT2D eigenvalue weighted by Gasteiger charge is 2.36. The standard InChI is InChI=1S/C21H28N2O2/c1-15(6-5-13-24)22-21(25)23(20-11-12-20)16(2)18-10-9-17-7-3-4-8-19(17)14-18/h3-4,7-10,14-16,20,24H,5-6,11-13H2,1-2H3,(H,22,25). The molecule has 2 amide bonds. The summed E-state index contributed by atoms with van der Waals surface area (Å²) in [5.74, 6) is 0. The first-order valence-corrected chi connectivity index (χ1v) is 9.28. The van der Waals surface area contributed by atoms with E-state index in [2.05, 4.69) is 42.6 Å². The third kappa shape index (κ3) is 4.31. The van der Waals surface area contributed by atoms with Crippen LogP contribution in [0, 0.1) is 0 Å². The van der Waals surface area contributed by atoms with Crippen molar-refractivity contribution in [1.82, 2.24) is 10.2 Å². The van der Waals surface area contributed by atoms with E-state index >= 15 is 0 Å². The highest BCUT2D eigenvalue weighted by molar-refractivity contribution is 5.83. The van der Waals surface area contributed by atoms with Crippen LogP contribution in [0.3, 0.4) is 0 Å². The fraction of sp³-hybridized carbons (Fsp3) is 0.476. The summed E-state index contributed by atoms with van der Waals surface area (Å²) in [6.45, 7) is 4.28. The Balaban J connectivity index is 1.75. The minimum atomic E-state index is 0.00796. The minimum Gasteiger partial charge on any atom is -0.396 e. The first-order valence-electron chi connectivity index (χ1n) is 9.28. The molecule has 1 saturated carbocycles. The molecule has 4 nitrogen and oxygen atoms in total. The number of rotatable bonds is 7. The van der Waals surface area contributed by atoms with Crippen LogP contribution in [0.15, 0.2) is 42.5 Å². The molecule has 3 rings (SSSR count). The van der Waals surface area contributed by atoms with Gasteiger partial charge in [0.25, 0.3) is 0 Å². The highest BCUT2D eigenvalue weighted by Crippen LogP contribution is 2.35. The van der Waals surface area contributed by atoms with Gasteiger partial charge in [-0.2, -0.15) is 0 Å². The Morgan fingerprint density at radius 2 is 1.92 bits per heavy atom. The number of fused-ring (bicyclic) bond motifs is 1. The Kier molecular flexibility index (Phi) is 5.59. The highest BCUT2D eigenvalue weighted by atomic mass is 16.3. The fourth-order valence-electron chi connectivity index (χ4n) is 3.39. The molecule has 2 N–H and O–H groups in total. The molecule has 2 atom stereocenters. The predicted octanol–water partition coefficient (Wildman–Crippen LogP) is 4.24. The van der Waals surface area contributed by atoms with E-state index in [1.54, 1.807) is 0 Å². The van der Waals surface area contributed by atoms with Gasteiger partial charge in [0.1, 0.15) is 0 Å². The Morgan fingerprint density at radius 1 is 1.20 bits per heavy atom. The zero-order valence-corrected chi connectivity index (χ0v) is 15.1. The maximum absolute atomic E-state index is 12.8. The first-order chi connectivity index (χ1) is 12.1. The van der Waals surface area contributed by atoms with Gasteiger partial charge in [0.2, 0.25) is 0 Å². The number of nitrogens with zero attached hydrogens (tertiary/aromatic N) is 1. The molecular formula is C21H28N2O2. The number of aliphatic hydroxyl groups is 1. The minimum absolute atomic E-state index is 0.00796. The van der Waals surface area contributed by atoms with Crippen LogP contribution in [0.25, 0.3) is 10.8 Å². The second kappa shape index (κ2) is 7.87. The van der Waals surface area contributed by atoms with E-state index in [0.717, 1.165) is 19.3 Å². The van der Waals surface area contributed by atoms with Crippen molar-refractivity contribution < 1.29 is 9.90 Å². The van der Waals surface area contributed by atoms with Crippen molar-refractivity contribution in [2.75, 3.05) is 6.61 Å². The second-order valence-corrected chi connectivity index (χ2v) is 7.14. The smallest absolute Gasteiger partial charge is 0.318 e. The topological polar surface area (TPSA) is 52.6 Å². The molecule has 2 aromatic carbocycles. The lowest BCUT2D eigenvalue weighted by molar-refractivity contribution is 0.170. The van der Waals surface area contributed by atoms with E-state index in [1.807, 2.05) is 24.0 Å². The fourth-order valence-corrected chi connectivity index (χ4v) is 3.39. The predicted molar refractivity (Wildman–Crippen MR) is 102 cm³/mol. The monoisotopic (exact) mass is 340 g/mol. The van der Waals surface area contributed by atoms with Crippen LogP contribution < -0.4 is 5.32 Å². The molecule has 0 radical (unpaired) electrons. The van der Waals surface area contributed by atoms with Gasteiger partial charge in [-0.15, -0.1) is 0 Å². The first kappa shape index (κ1) is 17.7. The normalized spacial score (nSPS) is 16.4. The average Bonchev–Trinajstić information content (AvgIpc) is 3.44. The molecule has 134 valence electrons. The lowest BCUT2D eigenvalue weighted by Gasteiger charge is -2.31. The van der Waals surface area contributed by atoms with Crippen LogP contribution in [0.1, 0.15) is 51.1 Å². The van der Waals surface area contributed by atoms with Gasteiger partial charge in [0, 0.05) is 18.7 Å². The van der Waals surface area contributed by atoms with E-state index in [0.29, 0.717) is 12.5 Å². The SMILES string of the molecule is CC(CCCO)NC(=O)N(C1CC1)C(C)c1ccc2ccccc2c1. The number of carbonyl (C=O) groups is 1. The summed E-state index contributed by atoms with van der Waals surface area (Å²) in [6, 6.07) is 15.2. The molecule has 0 bridgehead atoms. The van der Waals surface area contributed by atoms with Crippen LogP contribution in [0.5, 0.6) is 0 Å². The maximum atomic E-state index is 12.8. The van der Waals surface area contributed by atoms with Gasteiger partial charge in [-0.1, -0.05) is 36.4 Å². The summed E-state index contributed by atoms with van der Waals surface area (Å²) in [5, 5.41) is 14.5. The van der Waals surface area contributed by atoms with Crippen molar-refractivity contribution in [1.29, 1.82) is 0 Å². The summed E-state index contributed by atoms with van der Waals surface area (Å²) in [7, 11) is 0. The number of benzene rings is 2. The van der Waals surface area contributed by atoms with E-state index in [9.17, 15) is 4.79 Å². The van der Waals surface area contributed by atoms with Crippen molar-refractivity contribution in [3.8, 4) is 0 Å². The zero-order valence-electron chi connectivity index (χ0n) is 15.1. The van der Waals surface area contributed by atoms with Crippen LogP contribution in [-0.4, -0.2) is 34.7 Å². The largest absolute Gasteiger partial charge is 0.396 e. The third-order valence-corrected chi connectivity index (χ3v) is 5.01. The van der Waals surface area contributed by atoms with E-state index in [-0.39, 0.29) is 24.7 Å². The summed E-state index contributed by atoms with van der Waals surface area (Å²) in [5.41, 5.74) is 1.17. The van der Waals surface area contributed by atoms with Gasteiger partial charge in [0.05, 0.1) is 6.04 Å². The molecule has 1 aliphatic carbocycles. The van der Waals surface area contributed by atoms with Gasteiger partial charge in [-0.05, 0) is 61.9 Å². The second-order valence-electron chi connectivity index (χ2n) is 7.14. The van der Waals surface area contributed by atoms with Crippen molar-refractivity contribution in [2.24, 2.45) is 0 Å². The number of carbonyl (C=O) groups excluding carboxylic acids is 1.